The smallest absolute Gasteiger partial charge is 0.129 e. The van der Waals surface area contributed by atoms with Gasteiger partial charge in [-0.15, -0.1) is 0 Å². The third-order valence-corrected chi connectivity index (χ3v) is 2.35. The summed E-state index contributed by atoms with van der Waals surface area (Å²) in [5.74, 6) is -0.971. The number of halogens is 2. The first kappa shape index (κ1) is 11.1. The van der Waals surface area contributed by atoms with Crippen molar-refractivity contribution < 1.29 is 8.78 Å². The van der Waals surface area contributed by atoms with Crippen molar-refractivity contribution in [1.29, 1.82) is 0 Å². The Morgan fingerprint density at radius 3 is 2.64 bits per heavy atom. The maximum Gasteiger partial charge on any atom is 0.129 e. The van der Waals surface area contributed by atoms with E-state index < -0.39 is 11.6 Å². The van der Waals surface area contributed by atoms with E-state index in [2.05, 4.69) is 5.32 Å². The first-order valence-electron chi connectivity index (χ1n) is 4.74. The SMILES string of the molecule is CN[C@H](C)CCc1ccc(F)cc1F. The van der Waals surface area contributed by atoms with E-state index in [0.29, 0.717) is 18.0 Å². The third kappa shape index (κ3) is 3.07. The van der Waals surface area contributed by atoms with Crippen LogP contribution in [0.5, 0.6) is 0 Å². The van der Waals surface area contributed by atoms with Crippen molar-refractivity contribution in [1.82, 2.24) is 5.32 Å². The molecule has 1 atom stereocenters. The summed E-state index contributed by atoms with van der Waals surface area (Å²) in [4.78, 5) is 0. The lowest BCUT2D eigenvalue weighted by Gasteiger charge is -2.09. The molecule has 1 nitrogen and oxygen atoms in total. The Hall–Kier alpha value is -0.960. The summed E-state index contributed by atoms with van der Waals surface area (Å²) in [6.07, 6.45) is 1.48. The van der Waals surface area contributed by atoms with Gasteiger partial charge < -0.3 is 5.32 Å². The van der Waals surface area contributed by atoms with Gasteiger partial charge in [-0.1, -0.05) is 6.07 Å². The molecule has 1 N–H and O–H groups in total. The summed E-state index contributed by atoms with van der Waals surface area (Å²) >= 11 is 0. The van der Waals surface area contributed by atoms with Gasteiger partial charge in [-0.3, -0.25) is 0 Å². The number of rotatable bonds is 4. The normalized spacial score (nSPS) is 12.9. The average molecular weight is 199 g/mol. The summed E-state index contributed by atoms with van der Waals surface area (Å²) in [7, 11) is 1.87. The monoisotopic (exact) mass is 199 g/mol. The summed E-state index contributed by atoms with van der Waals surface area (Å²) in [5.41, 5.74) is 0.577. The molecule has 1 aromatic rings. The summed E-state index contributed by atoms with van der Waals surface area (Å²) in [6, 6.07) is 4.08. The van der Waals surface area contributed by atoms with E-state index in [9.17, 15) is 8.78 Å². The Morgan fingerprint density at radius 2 is 2.07 bits per heavy atom. The molecule has 14 heavy (non-hydrogen) atoms. The van der Waals surface area contributed by atoms with Gasteiger partial charge in [0, 0.05) is 12.1 Å². The third-order valence-electron chi connectivity index (χ3n) is 2.35. The first-order chi connectivity index (χ1) is 6.63. The zero-order valence-corrected chi connectivity index (χ0v) is 8.48. The Labute approximate surface area is 83.1 Å². The van der Waals surface area contributed by atoms with Crippen LogP contribution in [0.1, 0.15) is 18.9 Å². The molecule has 3 heteroatoms. The van der Waals surface area contributed by atoms with Crippen molar-refractivity contribution in [2.24, 2.45) is 0 Å². The molecule has 0 spiro atoms. The fourth-order valence-electron chi connectivity index (χ4n) is 1.24. The van der Waals surface area contributed by atoms with Gasteiger partial charge in [-0.2, -0.15) is 0 Å². The van der Waals surface area contributed by atoms with Crippen molar-refractivity contribution >= 4 is 0 Å². The van der Waals surface area contributed by atoms with Crippen LogP contribution >= 0.6 is 0 Å². The molecular weight excluding hydrogens is 184 g/mol. The van der Waals surface area contributed by atoms with Crippen LogP contribution in [0.3, 0.4) is 0 Å². The Kier molecular flexibility index (Phi) is 4.01. The van der Waals surface area contributed by atoms with Crippen LogP contribution in [0, 0.1) is 11.6 Å². The largest absolute Gasteiger partial charge is 0.317 e. The number of benzene rings is 1. The highest BCUT2D eigenvalue weighted by Crippen LogP contribution is 2.12. The van der Waals surface area contributed by atoms with E-state index >= 15 is 0 Å². The molecule has 0 aliphatic heterocycles. The van der Waals surface area contributed by atoms with Gasteiger partial charge in [-0.25, -0.2) is 8.78 Å². The standard InChI is InChI=1S/C11H15F2N/c1-8(14-2)3-4-9-5-6-10(12)7-11(9)13/h5-8,14H,3-4H2,1-2H3/t8-/m1/s1. The second-order valence-electron chi connectivity index (χ2n) is 3.46. The molecular formula is C11H15F2N. The van der Waals surface area contributed by atoms with Crippen LogP contribution in [-0.2, 0) is 6.42 Å². The van der Waals surface area contributed by atoms with E-state index in [0.717, 1.165) is 12.5 Å². The molecule has 0 bridgehead atoms. The summed E-state index contributed by atoms with van der Waals surface area (Å²) in [6.45, 7) is 2.03. The zero-order chi connectivity index (χ0) is 10.6. The minimum atomic E-state index is -0.520. The fraction of sp³-hybridized carbons (Fsp3) is 0.455. The minimum Gasteiger partial charge on any atom is -0.317 e. The Morgan fingerprint density at radius 1 is 1.36 bits per heavy atom. The highest BCUT2D eigenvalue weighted by atomic mass is 19.1. The number of hydrogen-bond acceptors (Lipinski definition) is 1. The molecule has 0 aromatic heterocycles. The van der Waals surface area contributed by atoms with E-state index in [1.54, 1.807) is 0 Å². The molecule has 0 aliphatic carbocycles. The van der Waals surface area contributed by atoms with Gasteiger partial charge in [0.05, 0.1) is 0 Å². The second kappa shape index (κ2) is 5.05. The fourth-order valence-corrected chi connectivity index (χ4v) is 1.24. The highest BCUT2D eigenvalue weighted by Gasteiger charge is 2.05. The molecule has 0 amide bonds. The molecule has 78 valence electrons. The number of nitrogens with one attached hydrogen (secondary N) is 1. The molecule has 0 heterocycles. The molecule has 0 aliphatic rings. The number of hydrogen-bond donors (Lipinski definition) is 1. The van der Waals surface area contributed by atoms with Gasteiger partial charge >= 0.3 is 0 Å². The van der Waals surface area contributed by atoms with Gasteiger partial charge in [0.15, 0.2) is 0 Å². The molecule has 1 aromatic carbocycles. The lowest BCUT2D eigenvalue weighted by atomic mass is 10.1. The van der Waals surface area contributed by atoms with Gasteiger partial charge in [0.1, 0.15) is 11.6 Å². The lowest BCUT2D eigenvalue weighted by Crippen LogP contribution is -2.21. The molecule has 0 radical (unpaired) electrons. The quantitative estimate of drug-likeness (QED) is 0.785. The average Bonchev–Trinajstić information content (AvgIpc) is 2.16. The lowest BCUT2D eigenvalue weighted by molar-refractivity contribution is 0.538. The molecule has 0 saturated carbocycles. The van der Waals surface area contributed by atoms with Crippen molar-refractivity contribution in [2.45, 2.75) is 25.8 Å². The maximum absolute atomic E-state index is 13.1. The van der Waals surface area contributed by atoms with Gasteiger partial charge in [0.2, 0.25) is 0 Å². The van der Waals surface area contributed by atoms with Crippen molar-refractivity contribution in [3.05, 3.63) is 35.4 Å². The van der Waals surface area contributed by atoms with Crippen LogP contribution in [0.25, 0.3) is 0 Å². The van der Waals surface area contributed by atoms with Crippen LogP contribution in [0.4, 0.5) is 8.78 Å². The van der Waals surface area contributed by atoms with Crippen LogP contribution < -0.4 is 5.32 Å². The Bertz CT molecular complexity index is 299. The van der Waals surface area contributed by atoms with Crippen LogP contribution in [-0.4, -0.2) is 13.1 Å². The Balaban J connectivity index is 2.59. The van der Waals surface area contributed by atoms with Crippen molar-refractivity contribution in [3.63, 3.8) is 0 Å². The summed E-state index contributed by atoms with van der Waals surface area (Å²) < 4.78 is 25.7. The zero-order valence-electron chi connectivity index (χ0n) is 8.48. The summed E-state index contributed by atoms with van der Waals surface area (Å²) in [5, 5.41) is 3.07. The molecule has 0 saturated heterocycles. The highest BCUT2D eigenvalue weighted by molar-refractivity contribution is 5.18. The second-order valence-corrected chi connectivity index (χ2v) is 3.46. The van der Waals surface area contributed by atoms with E-state index in [-0.39, 0.29) is 0 Å². The predicted octanol–water partition coefficient (Wildman–Crippen LogP) is 2.51. The first-order valence-corrected chi connectivity index (χ1v) is 4.74. The van der Waals surface area contributed by atoms with Crippen molar-refractivity contribution in [2.75, 3.05) is 7.05 Å². The topological polar surface area (TPSA) is 12.0 Å². The van der Waals surface area contributed by atoms with Gasteiger partial charge in [-0.05, 0) is 38.4 Å². The molecule has 0 unspecified atom stereocenters. The van der Waals surface area contributed by atoms with E-state index in [1.165, 1.54) is 12.1 Å². The molecule has 1 rings (SSSR count). The maximum atomic E-state index is 13.1. The van der Waals surface area contributed by atoms with E-state index in [4.69, 9.17) is 0 Å². The minimum absolute atomic E-state index is 0.347. The van der Waals surface area contributed by atoms with E-state index in [1.807, 2.05) is 14.0 Å². The molecule has 0 fully saturated rings. The van der Waals surface area contributed by atoms with Crippen molar-refractivity contribution in [3.8, 4) is 0 Å². The number of aryl methyl sites for hydroxylation is 1. The van der Waals surface area contributed by atoms with Crippen LogP contribution in [0.15, 0.2) is 18.2 Å². The van der Waals surface area contributed by atoms with Gasteiger partial charge in [0.25, 0.3) is 0 Å². The van der Waals surface area contributed by atoms with Crippen LogP contribution in [0.2, 0.25) is 0 Å². The predicted molar refractivity (Wildman–Crippen MR) is 53.2 cm³/mol.